The number of aliphatic hydroxyl groups is 5. The van der Waals surface area contributed by atoms with Gasteiger partial charge < -0.3 is 39.9 Å². The molecule has 1 saturated carbocycles. The van der Waals surface area contributed by atoms with Crippen molar-refractivity contribution in [1.29, 1.82) is 0 Å². The summed E-state index contributed by atoms with van der Waals surface area (Å²) in [5, 5.41) is 50.0. The Labute approximate surface area is 342 Å². The van der Waals surface area contributed by atoms with Gasteiger partial charge in [0.1, 0.15) is 43.2 Å². The van der Waals surface area contributed by atoms with Gasteiger partial charge in [-0.15, -0.1) is 0 Å². The Bertz CT molecular complexity index is 1150. The number of allylic oxidation sites excluding steroid dienone is 6. The van der Waals surface area contributed by atoms with Gasteiger partial charge in [-0.2, -0.15) is 0 Å². The molecule has 6 unspecified atom stereocenters. The molecule has 0 heterocycles. The Kier molecular flexibility index (Phi) is 31.5. The molecule has 0 aromatic heterocycles. The zero-order valence-electron chi connectivity index (χ0n) is 34.9. The van der Waals surface area contributed by atoms with Gasteiger partial charge in [0.25, 0.3) is 0 Å². The second kappa shape index (κ2) is 33.9. The molecule has 14 heteroatoms. The molecule has 1 aliphatic rings. The molecule has 13 nitrogen and oxygen atoms in total. The number of carbonyl (C=O) groups is 2. The number of rotatable bonds is 35. The summed E-state index contributed by atoms with van der Waals surface area (Å²) in [5.41, 5.74) is 0. The van der Waals surface area contributed by atoms with E-state index in [4.69, 9.17) is 18.5 Å². The molecule has 0 aromatic carbocycles. The second-order valence-electron chi connectivity index (χ2n) is 15.2. The van der Waals surface area contributed by atoms with Crippen LogP contribution in [0.5, 0.6) is 0 Å². The van der Waals surface area contributed by atoms with Crippen molar-refractivity contribution in [3.05, 3.63) is 36.5 Å². The summed E-state index contributed by atoms with van der Waals surface area (Å²) in [5.74, 6) is -1.13. The number of aliphatic hydroxyl groups excluding tert-OH is 5. The summed E-state index contributed by atoms with van der Waals surface area (Å²) in [6.45, 7) is 3.21. The summed E-state index contributed by atoms with van der Waals surface area (Å²) in [4.78, 5) is 35.6. The molecule has 1 aliphatic carbocycles. The van der Waals surface area contributed by atoms with Gasteiger partial charge in [0, 0.05) is 12.8 Å². The lowest BCUT2D eigenvalue weighted by molar-refractivity contribution is -0.220. The third-order valence-electron chi connectivity index (χ3n) is 9.95. The van der Waals surface area contributed by atoms with Crippen molar-refractivity contribution in [2.45, 2.75) is 211 Å². The lowest BCUT2D eigenvalue weighted by Crippen LogP contribution is -2.64. The van der Waals surface area contributed by atoms with E-state index >= 15 is 0 Å². The van der Waals surface area contributed by atoms with Crippen molar-refractivity contribution in [2.24, 2.45) is 0 Å². The first-order valence-electron chi connectivity index (χ1n) is 21.8. The van der Waals surface area contributed by atoms with Crippen LogP contribution in [0.15, 0.2) is 36.5 Å². The SMILES string of the molecule is CCCC/C=C\C/C=C\CCCCCCCC(=O)O[C@H](COC(=O)CCCCCCC/C=C\CCCCCCC)COP(=O)(O)OC1C(O)C(O)C(O)[C@@H](O)C1O. The van der Waals surface area contributed by atoms with Crippen LogP contribution in [0.1, 0.15) is 168 Å². The standard InChI is InChI=1S/C43H77O13P/c1-3-5-7-9-11-13-15-17-19-21-23-25-27-29-31-36(44)53-33-35(34-54-57(51,52)56-43-41(49)39(47)38(46)40(48)42(43)50)55-37(45)32-30-28-26-24-22-20-18-16-14-12-10-8-6-4-2/h10,12,15-18,35,38-43,46-50H,3-9,11,13-14,19-34H2,1-2H3,(H,51,52)/b12-10-,17-15-,18-16-/t35-,38?,39-,40?,41?,42?,43?/m1/s1. The van der Waals surface area contributed by atoms with E-state index in [1.807, 2.05) is 0 Å². The molecule has 0 amide bonds. The lowest BCUT2D eigenvalue weighted by Gasteiger charge is -2.41. The normalized spacial score (nSPS) is 23.0. The van der Waals surface area contributed by atoms with Crippen LogP contribution in [0, 0.1) is 0 Å². The van der Waals surface area contributed by atoms with Crippen molar-refractivity contribution < 1.29 is 63.1 Å². The zero-order valence-corrected chi connectivity index (χ0v) is 35.8. The Balaban J connectivity index is 2.51. The summed E-state index contributed by atoms with van der Waals surface area (Å²) >= 11 is 0. The van der Waals surface area contributed by atoms with E-state index in [1.165, 1.54) is 44.9 Å². The number of phosphoric ester groups is 1. The summed E-state index contributed by atoms with van der Waals surface area (Å²) in [6, 6.07) is 0. The molecule has 0 spiro atoms. The highest BCUT2D eigenvalue weighted by Crippen LogP contribution is 2.47. The lowest BCUT2D eigenvalue weighted by atomic mass is 9.85. The average Bonchev–Trinajstić information content (AvgIpc) is 3.19. The van der Waals surface area contributed by atoms with Gasteiger partial charge in [-0.05, 0) is 64.2 Å². The fourth-order valence-corrected chi connectivity index (χ4v) is 7.33. The van der Waals surface area contributed by atoms with Crippen LogP contribution in [0.4, 0.5) is 0 Å². The Morgan fingerprint density at radius 2 is 0.965 bits per heavy atom. The number of ether oxygens (including phenoxy) is 2. The van der Waals surface area contributed by atoms with Crippen LogP contribution in [-0.2, 0) is 32.7 Å². The molecule has 0 aliphatic heterocycles. The maximum absolute atomic E-state index is 12.8. The van der Waals surface area contributed by atoms with E-state index < -0.39 is 75.7 Å². The molecule has 0 saturated heterocycles. The molecule has 332 valence electrons. The minimum Gasteiger partial charge on any atom is -0.462 e. The second-order valence-corrected chi connectivity index (χ2v) is 16.6. The molecule has 0 aromatic rings. The van der Waals surface area contributed by atoms with E-state index in [-0.39, 0.29) is 12.8 Å². The van der Waals surface area contributed by atoms with E-state index in [1.54, 1.807) is 0 Å². The molecular formula is C43H77O13P. The molecule has 1 rings (SSSR count). The molecule has 0 radical (unpaired) electrons. The number of hydrogen-bond acceptors (Lipinski definition) is 12. The van der Waals surface area contributed by atoms with Crippen LogP contribution in [0.25, 0.3) is 0 Å². The van der Waals surface area contributed by atoms with Gasteiger partial charge in [0.05, 0.1) is 6.61 Å². The number of carbonyl (C=O) groups excluding carboxylic acids is 2. The molecule has 6 N–H and O–H groups in total. The topological polar surface area (TPSA) is 210 Å². The third-order valence-corrected chi connectivity index (χ3v) is 10.9. The van der Waals surface area contributed by atoms with Gasteiger partial charge in [0.15, 0.2) is 6.10 Å². The van der Waals surface area contributed by atoms with Gasteiger partial charge in [-0.3, -0.25) is 18.6 Å². The highest BCUT2D eigenvalue weighted by Gasteiger charge is 2.51. The Hall–Kier alpha value is -1.93. The first-order chi connectivity index (χ1) is 27.4. The van der Waals surface area contributed by atoms with Crippen molar-refractivity contribution in [2.75, 3.05) is 13.2 Å². The van der Waals surface area contributed by atoms with Gasteiger partial charge in [-0.1, -0.05) is 127 Å². The van der Waals surface area contributed by atoms with Crippen LogP contribution in [0.3, 0.4) is 0 Å². The molecule has 57 heavy (non-hydrogen) atoms. The predicted molar refractivity (Wildman–Crippen MR) is 221 cm³/mol. The van der Waals surface area contributed by atoms with E-state index in [0.29, 0.717) is 12.8 Å². The maximum Gasteiger partial charge on any atom is 0.472 e. The first kappa shape index (κ1) is 53.1. The Morgan fingerprint density at radius 3 is 1.49 bits per heavy atom. The summed E-state index contributed by atoms with van der Waals surface area (Å²) in [6.07, 6.45) is 23.4. The summed E-state index contributed by atoms with van der Waals surface area (Å²) < 4.78 is 33.4. The van der Waals surface area contributed by atoms with Gasteiger partial charge in [-0.25, -0.2) is 4.57 Å². The molecule has 8 atom stereocenters. The third kappa shape index (κ3) is 26.7. The molecule has 0 bridgehead atoms. The van der Waals surface area contributed by atoms with Crippen molar-refractivity contribution in [3.8, 4) is 0 Å². The fourth-order valence-electron chi connectivity index (χ4n) is 6.36. The van der Waals surface area contributed by atoms with Crippen molar-refractivity contribution in [3.63, 3.8) is 0 Å². The smallest absolute Gasteiger partial charge is 0.462 e. The van der Waals surface area contributed by atoms with Crippen LogP contribution in [0.2, 0.25) is 0 Å². The number of esters is 2. The van der Waals surface area contributed by atoms with Crippen LogP contribution >= 0.6 is 7.82 Å². The fraction of sp³-hybridized carbons (Fsp3) is 0.814. The minimum absolute atomic E-state index is 0.0788. The monoisotopic (exact) mass is 833 g/mol. The zero-order chi connectivity index (χ0) is 42.2. The molecular weight excluding hydrogens is 755 g/mol. The van der Waals surface area contributed by atoms with E-state index in [2.05, 4.69) is 50.3 Å². The largest absolute Gasteiger partial charge is 0.472 e. The summed E-state index contributed by atoms with van der Waals surface area (Å²) in [7, 11) is -5.12. The average molecular weight is 833 g/mol. The quantitative estimate of drug-likeness (QED) is 0.0156. The molecule has 1 fully saturated rings. The van der Waals surface area contributed by atoms with Gasteiger partial charge in [0.2, 0.25) is 0 Å². The number of phosphoric acid groups is 1. The predicted octanol–water partition coefficient (Wildman–Crippen LogP) is 7.83. The highest BCUT2D eigenvalue weighted by atomic mass is 31.2. The Morgan fingerprint density at radius 1 is 0.544 bits per heavy atom. The number of hydrogen-bond donors (Lipinski definition) is 6. The van der Waals surface area contributed by atoms with Crippen LogP contribution < -0.4 is 0 Å². The minimum atomic E-state index is -5.12. The first-order valence-corrected chi connectivity index (χ1v) is 23.3. The maximum atomic E-state index is 12.8. The van der Waals surface area contributed by atoms with Crippen LogP contribution in [-0.4, -0.2) is 98.3 Å². The van der Waals surface area contributed by atoms with E-state index in [9.17, 15) is 44.6 Å². The number of unbranched alkanes of at least 4 members (excludes halogenated alkanes) is 17. The van der Waals surface area contributed by atoms with Crippen molar-refractivity contribution in [1.82, 2.24) is 0 Å². The van der Waals surface area contributed by atoms with E-state index in [0.717, 1.165) is 83.5 Å². The highest BCUT2D eigenvalue weighted by molar-refractivity contribution is 7.47. The van der Waals surface area contributed by atoms with Crippen molar-refractivity contribution >= 4 is 19.8 Å². The van der Waals surface area contributed by atoms with Gasteiger partial charge >= 0.3 is 19.8 Å².